The Morgan fingerprint density at radius 2 is 0.632 bits per heavy atom. The average Bonchev–Trinajstić information content (AvgIpc) is 2.51. The van der Waals surface area contributed by atoms with Gasteiger partial charge >= 0.3 is 0 Å². The Morgan fingerprint density at radius 3 is 0.895 bits per heavy atom. The predicted molar refractivity (Wildman–Crippen MR) is 85.4 cm³/mol. The lowest BCUT2D eigenvalue weighted by molar-refractivity contribution is 1.71. The van der Waals surface area contributed by atoms with Crippen LogP contribution in [-0.2, 0) is 0 Å². The minimum atomic E-state index is -0.662. The third kappa shape index (κ3) is 2.60. The van der Waals surface area contributed by atoms with E-state index in [9.17, 15) is 0 Å². The van der Waals surface area contributed by atoms with Gasteiger partial charge in [-0.1, -0.05) is 91.0 Å². The summed E-state index contributed by atoms with van der Waals surface area (Å²) < 4.78 is 0. The molecule has 0 heterocycles. The molecule has 0 bridgehead atoms. The van der Waals surface area contributed by atoms with Gasteiger partial charge in [0.2, 0.25) is 0 Å². The van der Waals surface area contributed by atoms with E-state index in [1.165, 1.54) is 16.4 Å². The van der Waals surface area contributed by atoms with E-state index in [-0.39, 0.29) is 0 Å². The molecule has 0 unspecified atom stereocenters. The van der Waals surface area contributed by atoms with E-state index in [1.54, 1.807) is 0 Å². The summed E-state index contributed by atoms with van der Waals surface area (Å²) in [5, 5.41) is 0. The molecular formula is C18H16B-. The molecule has 19 heavy (non-hydrogen) atoms. The summed E-state index contributed by atoms with van der Waals surface area (Å²) in [5.74, 6) is 0. The molecule has 0 saturated carbocycles. The van der Waals surface area contributed by atoms with Crippen molar-refractivity contribution >= 4 is 23.1 Å². The Bertz CT molecular complexity index is 524. The van der Waals surface area contributed by atoms with Gasteiger partial charge in [0, 0.05) is 0 Å². The van der Waals surface area contributed by atoms with Gasteiger partial charge in [-0.15, -0.1) is 0 Å². The Kier molecular flexibility index (Phi) is 3.46. The van der Waals surface area contributed by atoms with E-state index in [1.807, 2.05) is 0 Å². The molecule has 3 aromatic rings. The van der Waals surface area contributed by atoms with Crippen LogP contribution in [0.1, 0.15) is 0 Å². The summed E-state index contributed by atoms with van der Waals surface area (Å²) in [6, 6.07) is 32.4. The highest BCUT2D eigenvalue weighted by molar-refractivity contribution is 6.95. The summed E-state index contributed by atoms with van der Waals surface area (Å²) in [4.78, 5) is 0. The minimum absolute atomic E-state index is 0.662. The Hall–Kier alpha value is -2.28. The van der Waals surface area contributed by atoms with Crippen LogP contribution < -0.4 is 16.4 Å². The summed E-state index contributed by atoms with van der Waals surface area (Å²) in [6.07, 6.45) is 0. The number of hydrogen-bond donors (Lipinski definition) is 0. The minimum Gasteiger partial charge on any atom is -0.203 e. The second kappa shape index (κ2) is 5.58. The molecule has 0 N–H and O–H groups in total. The molecule has 3 aromatic carbocycles. The van der Waals surface area contributed by atoms with Crippen LogP contribution in [-0.4, -0.2) is 6.71 Å². The summed E-state index contributed by atoms with van der Waals surface area (Å²) in [6.45, 7) is -0.662. The Balaban J connectivity index is 2.12. The second-order valence-corrected chi connectivity index (χ2v) is 4.99. The Morgan fingerprint density at radius 1 is 0.368 bits per heavy atom. The van der Waals surface area contributed by atoms with E-state index >= 15 is 0 Å². The van der Waals surface area contributed by atoms with Gasteiger partial charge in [0.15, 0.2) is 0 Å². The molecule has 0 aliphatic rings. The van der Waals surface area contributed by atoms with Gasteiger partial charge in [-0.25, -0.2) is 16.4 Å². The van der Waals surface area contributed by atoms with Gasteiger partial charge in [-0.05, 0) is 0 Å². The molecule has 0 aliphatic heterocycles. The van der Waals surface area contributed by atoms with E-state index < -0.39 is 6.71 Å². The number of hydrogen-bond acceptors (Lipinski definition) is 0. The summed E-state index contributed by atoms with van der Waals surface area (Å²) in [5.41, 5.74) is 4.25. The maximum atomic E-state index is 2.24. The smallest absolute Gasteiger partial charge is 0.0665 e. The molecule has 1 heteroatoms. The molecule has 0 amide bonds. The second-order valence-electron chi connectivity index (χ2n) is 4.99. The van der Waals surface area contributed by atoms with Gasteiger partial charge in [0.1, 0.15) is 0 Å². The molecule has 0 atom stereocenters. The highest BCUT2D eigenvalue weighted by Crippen LogP contribution is 1.95. The van der Waals surface area contributed by atoms with Gasteiger partial charge in [-0.2, -0.15) is 0 Å². The molecular weight excluding hydrogens is 227 g/mol. The lowest BCUT2D eigenvalue weighted by Gasteiger charge is -2.26. The summed E-state index contributed by atoms with van der Waals surface area (Å²) in [7, 11) is 0. The van der Waals surface area contributed by atoms with Crippen LogP contribution >= 0.6 is 0 Å². The Labute approximate surface area is 114 Å². The molecule has 0 saturated heterocycles. The van der Waals surface area contributed by atoms with Crippen molar-refractivity contribution in [3.8, 4) is 0 Å². The molecule has 0 fully saturated rings. The summed E-state index contributed by atoms with van der Waals surface area (Å²) >= 11 is 0. The normalized spacial score (nSPS) is 10.6. The molecule has 0 spiro atoms. The van der Waals surface area contributed by atoms with Crippen LogP contribution in [0.2, 0.25) is 0 Å². The highest BCUT2D eigenvalue weighted by atomic mass is 13.9. The van der Waals surface area contributed by atoms with Crippen LogP contribution in [0.25, 0.3) is 0 Å². The molecule has 0 nitrogen and oxygen atoms in total. The fourth-order valence-electron chi connectivity index (χ4n) is 2.85. The van der Waals surface area contributed by atoms with Crippen molar-refractivity contribution in [3.63, 3.8) is 0 Å². The van der Waals surface area contributed by atoms with Crippen molar-refractivity contribution in [2.45, 2.75) is 0 Å². The van der Waals surface area contributed by atoms with Crippen molar-refractivity contribution in [2.24, 2.45) is 0 Å². The van der Waals surface area contributed by atoms with Crippen LogP contribution in [0.3, 0.4) is 0 Å². The molecule has 3 rings (SSSR count). The van der Waals surface area contributed by atoms with Crippen molar-refractivity contribution in [1.29, 1.82) is 0 Å². The molecule has 92 valence electrons. The quantitative estimate of drug-likeness (QED) is 0.617. The van der Waals surface area contributed by atoms with Crippen LogP contribution in [0, 0.1) is 0 Å². The average molecular weight is 243 g/mol. The zero-order chi connectivity index (χ0) is 12.9. The first-order chi connectivity index (χ1) is 9.45. The van der Waals surface area contributed by atoms with Crippen LogP contribution in [0.5, 0.6) is 0 Å². The largest absolute Gasteiger partial charge is 0.203 e. The van der Waals surface area contributed by atoms with Gasteiger partial charge < -0.3 is 0 Å². The van der Waals surface area contributed by atoms with E-state index in [0.717, 1.165) is 0 Å². The highest BCUT2D eigenvalue weighted by Gasteiger charge is 2.08. The molecule has 0 aliphatic carbocycles. The van der Waals surface area contributed by atoms with Crippen LogP contribution in [0.15, 0.2) is 91.0 Å². The maximum absolute atomic E-state index is 2.24. The fraction of sp³-hybridized carbons (Fsp3) is 0. The van der Waals surface area contributed by atoms with E-state index in [2.05, 4.69) is 91.0 Å². The zero-order valence-electron chi connectivity index (χ0n) is 10.9. The van der Waals surface area contributed by atoms with Crippen LogP contribution in [0.4, 0.5) is 0 Å². The number of benzene rings is 3. The molecule has 0 radical (unpaired) electrons. The maximum Gasteiger partial charge on any atom is 0.0665 e. The molecule has 0 aromatic heterocycles. The van der Waals surface area contributed by atoms with Gasteiger partial charge in [-0.3, -0.25) is 0 Å². The van der Waals surface area contributed by atoms with Crippen molar-refractivity contribution in [3.05, 3.63) is 91.0 Å². The van der Waals surface area contributed by atoms with Crippen molar-refractivity contribution < 1.29 is 0 Å². The first-order valence-electron chi connectivity index (χ1n) is 6.79. The first kappa shape index (κ1) is 11.8. The zero-order valence-corrected chi connectivity index (χ0v) is 10.9. The first-order valence-corrected chi connectivity index (χ1v) is 6.79. The van der Waals surface area contributed by atoms with Gasteiger partial charge in [0.25, 0.3) is 0 Å². The van der Waals surface area contributed by atoms with E-state index in [4.69, 9.17) is 0 Å². The van der Waals surface area contributed by atoms with Crippen molar-refractivity contribution in [1.82, 2.24) is 0 Å². The topological polar surface area (TPSA) is 0 Å². The fourth-order valence-corrected chi connectivity index (χ4v) is 2.85. The van der Waals surface area contributed by atoms with Gasteiger partial charge in [0.05, 0.1) is 6.71 Å². The van der Waals surface area contributed by atoms with Crippen molar-refractivity contribution in [2.75, 3.05) is 0 Å². The predicted octanol–water partition coefficient (Wildman–Crippen LogP) is 1.94. The monoisotopic (exact) mass is 243 g/mol. The standard InChI is InChI=1S/C18H16B/c1-4-10-16(11-5-1)19(17-12-6-2-7-13-17)18-14-8-3-9-15-18/h1-15,19H/q-1. The third-order valence-corrected chi connectivity index (χ3v) is 3.75. The lowest BCUT2D eigenvalue weighted by atomic mass is 9.37. The number of rotatable bonds is 3. The third-order valence-electron chi connectivity index (χ3n) is 3.75. The van der Waals surface area contributed by atoms with E-state index in [0.29, 0.717) is 0 Å². The lowest BCUT2D eigenvalue weighted by Crippen LogP contribution is -2.51. The SMILES string of the molecule is c1ccc([BH-](c2ccccc2)c2ccccc2)cc1.